The molecule has 0 aromatic carbocycles. The molecule has 1 rings (SSSR count). The first-order valence-electron chi connectivity index (χ1n) is 6.93. The summed E-state index contributed by atoms with van der Waals surface area (Å²) in [5.74, 6) is 0.964. The van der Waals surface area contributed by atoms with Crippen molar-refractivity contribution < 1.29 is 0 Å². The van der Waals surface area contributed by atoms with Crippen LogP contribution in [0.5, 0.6) is 0 Å². The number of aromatic nitrogens is 2. The highest BCUT2D eigenvalue weighted by Gasteiger charge is 2.28. The molecule has 0 bridgehead atoms. The summed E-state index contributed by atoms with van der Waals surface area (Å²) >= 11 is 0. The van der Waals surface area contributed by atoms with Crippen LogP contribution in [0, 0.1) is 0 Å². The summed E-state index contributed by atoms with van der Waals surface area (Å²) < 4.78 is 0. The van der Waals surface area contributed by atoms with Gasteiger partial charge in [-0.3, -0.25) is 0 Å². The minimum atomic E-state index is -0.0555. The van der Waals surface area contributed by atoms with Crippen LogP contribution in [-0.2, 0) is 10.8 Å². The Bertz CT molecular complexity index is 407. The van der Waals surface area contributed by atoms with E-state index in [-0.39, 0.29) is 10.8 Å². The molecule has 0 N–H and O–H groups in total. The van der Waals surface area contributed by atoms with Gasteiger partial charge >= 0.3 is 0 Å². The molecule has 0 saturated carbocycles. The lowest BCUT2D eigenvalue weighted by Crippen LogP contribution is -2.26. The third-order valence-electron chi connectivity index (χ3n) is 4.53. The molecule has 2 nitrogen and oxygen atoms in total. The summed E-state index contributed by atoms with van der Waals surface area (Å²) in [6.07, 6.45) is 7.00. The summed E-state index contributed by atoms with van der Waals surface area (Å²) in [6, 6.07) is 2.01. The van der Waals surface area contributed by atoms with Crippen molar-refractivity contribution in [2.75, 3.05) is 0 Å². The summed E-state index contributed by atoms with van der Waals surface area (Å²) in [6.45, 7) is 14.9. The summed E-state index contributed by atoms with van der Waals surface area (Å²) in [5, 5.41) is 0. The Morgan fingerprint density at radius 1 is 1.17 bits per heavy atom. The number of nitrogens with zero attached hydrogens (tertiary/aromatic N) is 2. The van der Waals surface area contributed by atoms with Gasteiger partial charge in [0.25, 0.3) is 0 Å². The zero-order valence-electron chi connectivity index (χ0n) is 12.5. The van der Waals surface area contributed by atoms with Crippen molar-refractivity contribution in [1.82, 2.24) is 9.97 Å². The molecule has 0 spiro atoms. The average molecular weight is 246 g/mol. The maximum atomic E-state index is 4.82. The van der Waals surface area contributed by atoms with Gasteiger partial charge in [0.1, 0.15) is 5.82 Å². The molecule has 0 aliphatic carbocycles. The quantitative estimate of drug-likeness (QED) is 0.695. The molecule has 1 aromatic rings. The fourth-order valence-electron chi connectivity index (χ4n) is 1.96. The fourth-order valence-corrected chi connectivity index (χ4v) is 1.96. The van der Waals surface area contributed by atoms with Crippen molar-refractivity contribution in [1.29, 1.82) is 0 Å². The zero-order valence-corrected chi connectivity index (χ0v) is 12.5. The molecular formula is C16H26N2. The smallest absolute Gasteiger partial charge is 0.134 e. The van der Waals surface area contributed by atoms with Gasteiger partial charge in [-0.15, -0.1) is 6.58 Å². The molecule has 0 aliphatic rings. The SMILES string of the molecule is C=C[C@@](C)(CC)c1ccnc(C(C)(CC)CC)n1. The molecule has 100 valence electrons. The molecule has 1 heterocycles. The standard InChI is InChI=1S/C16H26N2/c1-7-15(5,8-2)13-11-12-17-14(18-13)16(6,9-3)10-4/h7,11-12H,1,8-10H2,2-6H3/t15-/m0/s1. The van der Waals surface area contributed by atoms with E-state index >= 15 is 0 Å². The molecule has 0 aliphatic heterocycles. The van der Waals surface area contributed by atoms with Crippen molar-refractivity contribution in [2.24, 2.45) is 0 Å². The topological polar surface area (TPSA) is 25.8 Å². The van der Waals surface area contributed by atoms with E-state index in [1.807, 2.05) is 18.3 Å². The molecule has 0 saturated heterocycles. The van der Waals surface area contributed by atoms with Gasteiger partial charge < -0.3 is 0 Å². The minimum Gasteiger partial charge on any atom is -0.241 e. The summed E-state index contributed by atoms with van der Waals surface area (Å²) in [4.78, 5) is 9.31. The lowest BCUT2D eigenvalue weighted by Gasteiger charge is -2.28. The van der Waals surface area contributed by atoms with Gasteiger partial charge in [0, 0.05) is 17.0 Å². The third kappa shape index (κ3) is 2.63. The first-order valence-corrected chi connectivity index (χ1v) is 6.93. The first-order chi connectivity index (χ1) is 8.45. The van der Waals surface area contributed by atoms with Crippen molar-refractivity contribution in [3.05, 3.63) is 36.4 Å². The maximum absolute atomic E-state index is 4.82. The number of hydrogen-bond acceptors (Lipinski definition) is 2. The Morgan fingerprint density at radius 3 is 2.22 bits per heavy atom. The van der Waals surface area contributed by atoms with Crippen LogP contribution in [0.1, 0.15) is 65.4 Å². The summed E-state index contributed by atoms with van der Waals surface area (Å²) in [5.41, 5.74) is 1.10. The highest BCUT2D eigenvalue weighted by molar-refractivity contribution is 5.23. The monoisotopic (exact) mass is 246 g/mol. The van der Waals surface area contributed by atoms with Gasteiger partial charge in [-0.25, -0.2) is 9.97 Å². The second-order valence-corrected chi connectivity index (χ2v) is 5.51. The Balaban J connectivity index is 3.25. The molecule has 0 unspecified atom stereocenters. The van der Waals surface area contributed by atoms with Crippen LogP contribution in [0.3, 0.4) is 0 Å². The predicted molar refractivity (Wildman–Crippen MR) is 77.8 cm³/mol. The zero-order chi connectivity index (χ0) is 13.8. The molecule has 2 heteroatoms. The van der Waals surface area contributed by atoms with Crippen molar-refractivity contribution >= 4 is 0 Å². The van der Waals surface area contributed by atoms with Crippen LogP contribution in [0.2, 0.25) is 0 Å². The van der Waals surface area contributed by atoms with Crippen molar-refractivity contribution in [2.45, 2.75) is 64.7 Å². The second-order valence-electron chi connectivity index (χ2n) is 5.51. The van der Waals surface area contributed by atoms with Gasteiger partial charge in [0.05, 0.1) is 5.69 Å². The van der Waals surface area contributed by atoms with Gasteiger partial charge in [0.2, 0.25) is 0 Å². The van der Waals surface area contributed by atoms with E-state index in [9.17, 15) is 0 Å². The van der Waals surface area contributed by atoms with E-state index < -0.39 is 0 Å². The average Bonchev–Trinajstić information content (AvgIpc) is 2.45. The van der Waals surface area contributed by atoms with Crippen LogP contribution in [0.4, 0.5) is 0 Å². The lowest BCUT2D eigenvalue weighted by atomic mass is 9.81. The Hall–Kier alpha value is -1.18. The molecule has 1 aromatic heterocycles. The van der Waals surface area contributed by atoms with E-state index in [1.165, 1.54) is 0 Å². The fraction of sp³-hybridized carbons (Fsp3) is 0.625. The summed E-state index contributed by atoms with van der Waals surface area (Å²) in [7, 11) is 0. The van der Waals surface area contributed by atoms with Gasteiger partial charge in [-0.05, 0) is 25.3 Å². The van der Waals surface area contributed by atoms with Crippen molar-refractivity contribution in [3.8, 4) is 0 Å². The van der Waals surface area contributed by atoms with Crippen LogP contribution in [-0.4, -0.2) is 9.97 Å². The van der Waals surface area contributed by atoms with Gasteiger partial charge in [0.15, 0.2) is 0 Å². The van der Waals surface area contributed by atoms with E-state index in [0.717, 1.165) is 30.8 Å². The van der Waals surface area contributed by atoms with Crippen LogP contribution in [0.15, 0.2) is 24.9 Å². The molecule has 0 radical (unpaired) electrons. The number of rotatable bonds is 6. The predicted octanol–water partition coefficient (Wildman–Crippen LogP) is 4.41. The van der Waals surface area contributed by atoms with Crippen LogP contribution < -0.4 is 0 Å². The normalized spacial score (nSPS) is 15.2. The van der Waals surface area contributed by atoms with Gasteiger partial charge in [-0.2, -0.15) is 0 Å². The highest BCUT2D eigenvalue weighted by atomic mass is 14.9. The van der Waals surface area contributed by atoms with E-state index in [4.69, 9.17) is 4.98 Å². The first kappa shape index (κ1) is 14.9. The number of allylic oxidation sites excluding steroid dienone is 1. The largest absolute Gasteiger partial charge is 0.241 e. The maximum Gasteiger partial charge on any atom is 0.134 e. The van der Waals surface area contributed by atoms with Crippen molar-refractivity contribution in [3.63, 3.8) is 0 Å². The molecule has 18 heavy (non-hydrogen) atoms. The molecule has 0 amide bonds. The Kier molecular flexibility index (Phi) is 4.66. The van der Waals surface area contributed by atoms with Gasteiger partial charge in [-0.1, -0.05) is 40.7 Å². The third-order valence-corrected chi connectivity index (χ3v) is 4.53. The molecule has 0 fully saturated rings. The minimum absolute atomic E-state index is 0.0555. The Morgan fingerprint density at radius 2 is 1.78 bits per heavy atom. The second kappa shape index (κ2) is 5.64. The van der Waals surface area contributed by atoms with E-state index in [0.29, 0.717) is 0 Å². The molecule has 1 atom stereocenters. The van der Waals surface area contributed by atoms with E-state index in [1.54, 1.807) is 0 Å². The van der Waals surface area contributed by atoms with Crippen LogP contribution >= 0.6 is 0 Å². The number of hydrogen-bond donors (Lipinski definition) is 0. The Labute approximate surface area is 112 Å². The highest BCUT2D eigenvalue weighted by Crippen LogP contribution is 2.31. The lowest BCUT2D eigenvalue weighted by molar-refractivity contribution is 0.405. The van der Waals surface area contributed by atoms with Crippen LogP contribution in [0.25, 0.3) is 0 Å². The molecular weight excluding hydrogens is 220 g/mol. The van der Waals surface area contributed by atoms with E-state index in [2.05, 4.69) is 46.2 Å².